The van der Waals surface area contributed by atoms with Gasteiger partial charge in [-0.2, -0.15) is 0 Å². The third kappa shape index (κ3) is 6.47. The summed E-state index contributed by atoms with van der Waals surface area (Å²) in [6.07, 6.45) is 2.17. The van der Waals surface area contributed by atoms with Crippen molar-refractivity contribution >= 4 is 5.91 Å². The van der Waals surface area contributed by atoms with E-state index in [4.69, 9.17) is 10.5 Å². The van der Waals surface area contributed by atoms with Crippen LogP contribution in [0.25, 0.3) is 0 Å². The van der Waals surface area contributed by atoms with Gasteiger partial charge in [-0.25, -0.2) is 0 Å². The fraction of sp³-hybridized carbons (Fsp3) is 0.909. The van der Waals surface area contributed by atoms with E-state index >= 15 is 0 Å². The number of rotatable bonds is 8. The Hall–Kier alpha value is -0.610. The average Bonchev–Trinajstić information content (AvgIpc) is 2.20. The molecule has 4 heteroatoms. The van der Waals surface area contributed by atoms with E-state index in [1.165, 1.54) is 0 Å². The molecule has 0 fully saturated rings. The van der Waals surface area contributed by atoms with Gasteiger partial charge < -0.3 is 15.8 Å². The molecule has 0 aromatic rings. The van der Waals surface area contributed by atoms with Gasteiger partial charge in [-0.05, 0) is 12.8 Å². The van der Waals surface area contributed by atoms with E-state index in [9.17, 15) is 4.79 Å². The van der Waals surface area contributed by atoms with Crippen LogP contribution in [0.15, 0.2) is 0 Å². The minimum Gasteiger partial charge on any atom is -0.370 e. The van der Waals surface area contributed by atoms with E-state index in [1.54, 1.807) is 0 Å². The van der Waals surface area contributed by atoms with Crippen LogP contribution < -0.4 is 11.1 Å². The fourth-order valence-corrected chi connectivity index (χ4v) is 1.66. The molecule has 0 heterocycles. The van der Waals surface area contributed by atoms with Gasteiger partial charge in [0.2, 0.25) is 5.91 Å². The topological polar surface area (TPSA) is 64.3 Å². The Morgan fingerprint density at radius 1 is 1.40 bits per heavy atom. The van der Waals surface area contributed by atoms with Crippen LogP contribution >= 0.6 is 0 Å². The maximum atomic E-state index is 11.4. The van der Waals surface area contributed by atoms with Crippen LogP contribution in [0.1, 0.15) is 33.6 Å². The lowest BCUT2D eigenvalue weighted by Crippen LogP contribution is -2.39. The molecular weight excluding hydrogens is 192 g/mol. The first-order chi connectivity index (χ1) is 7.15. The summed E-state index contributed by atoms with van der Waals surface area (Å²) in [6.45, 7) is 7.33. The molecule has 0 rings (SSSR count). The van der Waals surface area contributed by atoms with Crippen molar-refractivity contribution in [2.24, 2.45) is 11.7 Å². The molecule has 0 aromatic carbocycles. The molecule has 15 heavy (non-hydrogen) atoms. The maximum absolute atomic E-state index is 11.4. The lowest BCUT2D eigenvalue weighted by molar-refractivity contribution is -0.126. The van der Waals surface area contributed by atoms with Crippen LogP contribution in [0.3, 0.4) is 0 Å². The Morgan fingerprint density at radius 2 is 2.00 bits per heavy atom. The number of carbonyl (C=O) groups is 1. The lowest BCUT2D eigenvalue weighted by atomic mass is 9.95. The van der Waals surface area contributed by atoms with Gasteiger partial charge in [0.05, 0.1) is 6.61 Å². The van der Waals surface area contributed by atoms with Gasteiger partial charge in [-0.3, -0.25) is 4.79 Å². The number of amides is 1. The van der Waals surface area contributed by atoms with Crippen molar-refractivity contribution in [3.05, 3.63) is 0 Å². The first kappa shape index (κ1) is 14.4. The van der Waals surface area contributed by atoms with E-state index in [2.05, 4.69) is 19.2 Å². The Labute approximate surface area is 92.6 Å². The van der Waals surface area contributed by atoms with E-state index in [0.717, 1.165) is 12.8 Å². The minimum absolute atomic E-state index is 0.0529. The van der Waals surface area contributed by atoms with E-state index in [1.807, 2.05) is 6.92 Å². The van der Waals surface area contributed by atoms with Crippen molar-refractivity contribution in [1.82, 2.24) is 5.32 Å². The summed E-state index contributed by atoms with van der Waals surface area (Å²) in [7, 11) is 0. The third-order valence-electron chi connectivity index (χ3n) is 2.64. The van der Waals surface area contributed by atoms with Crippen molar-refractivity contribution in [2.75, 3.05) is 19.8 Å². The number of hydrogen-bond donors (Lipinski definition) is 2. The van der Waals surface area contributed by atoms with Crippen LogP contribution in [0.4, 0.5) is 0 Å². The van der Waals surface area contributed by atoms with Crippen molar-refractivity contribution in [1.29, 1.82) is 0 Å². The molecule has 0 spiro atoms. The quantitative estimate of drug-likeness (QED) is 0.593. The number of carbonyl (C=O) groups excluding carboxylic acids is 1. The lowest BCUT2D eigenvalue weighted by Gasteiger charge is -2.22. The fourth-order valence-electron chi connectivity index (χ4n) is 1.66. The summed E-state index contributed by atoms with van der Waals surface area (Å²) in [5.74, 6) is 0.492. The first-order valence-electron chi connectivity index (χ1n) is 5.72. The normalized spacial score (nSPS) is 12.9. The van der Waals surface area contributed by atoms with Gasteiger partial charge in [-0.15, -0.1) is 0 Å². The van der Waals surface area contributed by atoms with Crippen molar-refractivity contribution in [3.63, 3.8) is 0 Å². The number of hydrogen-bond acceptors (Lipinski definition) is 3. The largest absolute Gasteiger partial charge is 0.370 e. The second-order valence-electron chi connectivity index (χ2n) is 3.77. The second-order valence-corrected chi connectivity index (χ2v) is 3.77. The predicted octanol–water partition coefficient (Wildman–Crippen LogP) is 0.903. The van der Waals surface area contributed by atoms with Gasteiger partial charge in [-0.1, -0.05) is 26.7 Å². The summed E-state index contributed by atoms with van der Waals surface area (Å²) < 4.78 is 5.06. The number of nitrogens with one attached hydrogen (secondary N) is 1. The molecule has 0 aliphatic rings. The minimum atomic E-state index is -0.0529. The molecular formula is C11H24N2O2. The van der Waals surface area contributed by atoms with Crippen LogP contribution in [0.2, 0.25) is 0 Å². The van der Waals surface area contributed by atoms with E-state index < -0.39 is 0 Å². The Kier molecular flexibility index (Phi) is 8.33. The standard InChI is InChI=1S/C11H24N2O2/c1-4-10(5-2)9(3)13-11(14)8-15-7-6-12/h9-10H,4-8,12H2,1-3H3,(H,13,14). The highest BCUT2D eigenvalue weighted by Gasteiger charge is 2.15. The molecule has 0 radical (unpaired) electrons. The molecule has 3 N–H and O–H groups in total. The molecule has 90 valence electrons. The Morgan fingerprint density at radius 3 is 2.47 bits per heavy atom. The molecule has 0 saturated heterocycles. The molecule has 1 amide bonds. The molecule has 0 bridgehead atoms. The van der Waals surface area contributed by atoms with Crippen molar-refractivity contribution in [3.8, 4) is 0 Å². The van der Waals surface area contributed by atoms with Crippen LogP contribution in [0.5, 0.6) is 0 Å². The third-order valence-corrected chi connectivity index (χ3v) is 2.64. The van der Waals surface area contributed by atoms with Gasteiger partial charge in [0.1, 0.15) is 6.61 Å². The highest BCUT2D eigenvalue weighted by atomic mass is 16.5. The molecule has 1 unspecified atom stereocenters. The summed E-state index contributed by atoms with van der Waals surface area (Å²) in [6, 6.07) is 0.217. The summed E-state index contributed by atoms with van der Waals surface area (Å²) >= 11 is 0. The van der Waals surface area contributed by atoms with Gasteiger partial charge >= 0.3 is 0 Å². The van der Waals surface area contributed by atoms with Gasteiger partial charge in [0.25, 0.3) is 0 Å². The zero-order valence-electron chi connectivity index (χ0n) is 10.1. The SMILES string of the molecule is CCC(CC)C(C)NC(=O)COCCN. The van der Waals surface area contributed by atoms with Crippen molar-refractivity contribution in [2.45, 2.75) is 39.7 Å². The summed E-state index contributed by atoms with van der Waals surface area (Å²) in [4.78, 5) is 11.4. The van der Waals surface area contributed by atoms with Crippen LogP contribution in [-0.2, 0) is 9.53 Å². The van der Waals surface area contributed by atoms with Gasteiger partial charge in [0.15, 0.2) is 0 Å². The Balaban J connectivity index is 3.74. The zero-order valence-corrected chi connectivity index (χ0v) is 10.1. The smallest absolute Gasteiger partial charge is 0.246 e. The summed E-state index contributed by atoms with van der Waals surface area (Å²) in [5, 5.41) is 2.94. The highest BCUT2D eigenvalue weighted by molar-refractivity contribution is 5.77. The van der Waals surface area contributed by atoms with Crippen molar-refractivity contribution < 1.29 is 9.53 Å². The maximum Gasteiger partial charge on any atom is 0.246 e. The molecule has 4 nitrogen and oxygen atoms in total. The molecule has 0 aromatic heterocycles. The van der Waals surface area contributed by atoms with E-state index in [-0.39, 0.29) is 18.6 Å². The Bertz CT molecular complexity index is 170. The number of ether oxygens (including phenoxy) is 1. The summed E-state index contributed by atoms with van der Waals surface area (Å²) in [5.41, 5.74) is 5.25. The predicted molar refractivity (Wildman–Crippen MR) is 61.6 cm³/mol. The second kappa shape index (κ2) is 8.68. The first-order valence-corrected chi connectivity index (χ1v) is 5.72. The zero-order chi connectivity index (χ0) is 11.7. The average molecular weight is 216 g/mol. The number of nitrogens with two attached hydrogens (primary N) is 1. The van der Waals surface area contributed by atoms with Gasteiger partial charge in [0, 0.05) is 12.6 Å². The molecule has 0 aliphatic heterocycles. The molecule has 0 saturated carbocycles. The molecule has 1 atom stereocenters. The highest BCUT2D eigenvalue weighted by Crippen LogP contribution is 2.12. The van der Waals surface area contributed by atoms with Crippen LogP contribution in [-0.4, -0.2) is 31.7 Å². The van der Waals surface area contributed by atoms with E-state index in [0.29, 0.717) is 19.1 Å². The monoisotopic (exact) mass is 216 g/mol. The molecule has 0 aliphatic carbocycles. The van der Waals surface area contributed by atoms with Crippen LogP contribution in [0, 0.1) is 5.92 Å².